The summed E-state index contributed by atoms with van der Waals surface area (Å²) in [5, 5.41) is 26.5. The van der Waals surface area contributed by atoms with Crippen LogP contribution in [0.5, 0.6) is 11.8 Å². The van der Waals surface area contributed by atoms with Crippen LogP contribution in [0.2, 0.25) is 5.02 Å². The molecule has 1 unspecified atom stereocenters. The zero-order chi connectivity index (χ0) is 31.9. The first kappa shape index (κ1) is 31.7. The van der Waals surface area contributed by atoms with Gasteiger partial charge in [-0.05, 0) is 117 Å². The maximum atomic E-state index is 17.0. The predicted molar refractivity (Wildman–Crippen MR) is 175 cm³/mol. The first-order valence-electron chi connectivity index (χ1n) is 16.0. The van der Waals surface area contributed by atoms with Crippen LogP contribution in [0.3, 0.4) is 0 Å². The molecule has 4 aromatic rings. The van der Waals surface area contributed by atoms with E-state index in [2.05, 4.69) is 17.2 Å². The van der Waals surface area contributed by atoms with Gasteiger partial charge in [0.05, 0.1) is 17.2 Å². The summed E-state index contributed by atoms with van der Waals surface area (Å²) in [4.78, 5) is 11.3. The highest BCUT2D eigenvalue weighted by Gasteiger charge is 2.32. The topological polar surface area (TPSA) is 90.7 Å². The van der Waals surface area contributed by atoms with E-state index in [1.165, 1.54) is 18.2 Å². The number of nitrogens with one attached hydrogen (secondary N) is 1. The van der Waals surface area contributed by atoms with Gasteiger partial charge in [0.2, 0.25) is 0 Å². The Bertz CT molecular complexity index is 1730. The molecule has 3 aromatic carbocycles. The third kappa shape index (κ3) is 6.53. The van der Waals surface area contributed by atoms with Crippen LogP contribution < -0.4 is 15.0 Å². The molecular weight excluding hydrogens is 598 g/mol. The second-order valence-corrected chi connectivity index (χ2v) is 13.5. The minimum atomic E-state index is -0.942. The number of ether oxygens (including phenoxy) is 1. The van der Waals surface area contributed by atoms with Crippen molar-refractivity contribution < 1.29 is 23.7 Å². The van der Waals surface area contributed by atoms with E-state index in [0.29, 0.717) is 71.9 Å². The lowest BCUT2D eigenvalue weighted by Gasteiger charge is -2.38. The van der Waals surface area contributed by atoms with E-state index < -0.39 is 17.2 Å². The summed E-state index contributed by atoms with van der Waals surface area (Å²) in [6.45, 7) is 9.10. The van der Waals surface area contributed by atoms with Crippen LogP contribution in [0.15, 0.2) is 30.3 Å². The first-order valence-corrected chi connectivity index (χ1v) is 16.4. The summed E-state index contributed by atoms with van der Waals surface area (Å²) in [7, 11) is 0. The van der Waals surface area contributed by atoms with Gasteiger partial charge in [-0.1, -0.05) is 31.5 Å². The average Bonchev–Trinajstić information content (AvgIpc) is 2.97. The SMILES string of the molecule is CCc1c(F)ccc2cc(O)cc(-c3c(Cl)cc4c(N5CCC[C@@](C)(O)C5)nc(OC[C@@H]5CCCNCC(C)C5)nc4c3F)c12. The molecule has 2 aliphatic rings. The van der Waals surface area contributed by atoms with Crippen LogP contribution >= 0.6 is 11.6 Å². The van der Waals surface area contributed by atoms with Gasteiger partial charge in [-0.25, -0.2) is 8.78 Å². The van der Waals surface area contributed by atoms with Gasteiger partial charge in [0, 0.05) is 24.0 Å². The number of piperidine rings is 1. The summed E-state index contributed by atoms with van der Waals surface area (Å²) < 4.78 is 38.2. The van der Waals surface area contributed by atoms with E-state index in [0.717, 1.165) is 38.8 Å². The highest BCUT2D eigenvalue weighted by Crippen LogP contribution is 2.44. The number of hydrogen-bond acceptors (Lipinski definition) is 7. The van der Waals surface area contributed by atoms with Gasteiger partial charge in [-0.15, -0.1) is 0 Å². The molecule has 3 heterocycles. The second-order valence-electron chi connectivity index (χ2n) is 13.1. The maximum Gasteiger partial charge on any atom is 0.319 e. The Morgan fingerprint density at radius 3 is 2.78 bits per heavy atom. The van der Waals surface area contributed by atoms with Gasteiger partial charge >= 0.3 is 6.01 Å². The fourth-order valence-electron chi connectivity index (χ4n) is 7.13. The predicted octanol–water partition coefficient (Wildman–Crippen LogP) is 7.41. The summed E-state index contributed by atoms with van der Waals surface area (Å²) in [5.74, 6) is 0.0449. The zero-order valence-corrected chi connectivity index (χ0v) is 26.9. The lowest BCUT2D eigenvalue weighted by atomic mass is 9.91. The van der Waals surface area contributed by atoms with Crippen molar-refractivity contribution in [1.29, 1.82) is 0 Å². The molecule has 3 N–H and O–H groups in total. The molecule has 2 fully saturated rings. The Kier molecular flexibility index (Phi) is 9.05. The number of halogens is 3. The highest BCUT2D eigenvalue weighted by atomic mass is 35.5. The van der Waals surface area contributed by atoms with Crippen LogP contribution in [-0.2, 0) is 6.42 Å². The minimum Gasteiger partial charge on any atom is -0.508 e. The van der Waals surface area contributed by atoms with Crippen molar-refractivity contribution in [3.63, 3.8) is 0 Å². The highest BCUT2D eigenvalue weighted by molar-refractivity contribution is 6.35. The van der Waals surface area contributed by atoms with Crippen molar-refractivity contribution in [2.75, 3.05) is 37.7 Å². The lowest BCUT2D eigenvalue weighted by Crippen LogP contribution is -2.46. The van der Waals surface area contributed by atoms with Gasteiger partial charge in [0.1, 0.15) is 22.9 Å². The number of rotatable bonds is 6. The normalized spacial score (nSPS) is 22.9. The van der Waals surface area contributed by atoms with Crippen LogP contribution in [0, 0.1) is 23.5 Å². The van der Waals surface area contributed by atoms with E-state index in [4.69, 9.17) is 21.3 Å². The molecule has 240 valence electrons. The van der Waals surface area contributed by atoms with Crippen LogP contribution in [0.25, 0.3) is 32.8 Å². The molecule has 7 nitrogen and oxygen atoms in total. The van der Waals surface area contributed by atoms with E-state index in [1.54, 1.807) is 19.1 Å². The third-order valence-corrected chi connectivity index (χ3v) is 9.53. The van der Waals surface area contributed by atoms with Gasteiger partial charge in [0.15, 0.2) is 5.82 Å². The second kappa shape index (κ2) is 12.9. The molecule has 0 saturated carbocycles. The van der Waals surface area contributed by atoms with Crippen molar-refractivity contribution in [2.24, 2.45) is 11.8 Å². The molecule has 0 amide bonds. The molecule has 2 saturated heterocycles. The van der Waals surface area contributed by atoms with Gasteiger partial charge in [-0.3, -0.25) is 0 Å². The van der Waals surface area contributed by atoms with Crippen molar-refractivity contribution in [1.82, 2.24) is 15.3 Å². The van der Waals surface area contributed by atoms with Crippen molar-refractivity contribution in [2.45, 2.75) is 64.9 Å². The van der Waals surface area contributed by atoms with E-state index in [-0.39, 0.29) is 33.4 Å². The minimum absolute atomic E-state index is 0.0146. The van der Waals surface area contributed by atoms with Crippen LogP contribution in [0.1, 0.15) is 58.4 Å². The number of aliphatic hydroxyl groups is 1. The average molecular weight is 639 g/mol. The molecule has 3 atom stereocenters. The molecule has 45 heavy (non-hydrogen) atoms. The monoisotopic (exact) mass is 638 g/mol. The fraction of sp³-hybridized carbons (Fsp3) is 0.486. The fourth-order valence-corrected chi connectivity index (χ4v) is 7.43. The molecule has 0 spiro atoms. The summed E-state index contributed by atoms with van der Waals surface area (Å²) >= 11 is 6.87. The quantitative estimate of drug-likeness (QED) is 0.203. The number of hydrogen-bond donors (Lipinski definition) is 3. The zero-order valence-electron chi connectivity index (χ0n) is 26.1. The number of phenolic OH excluding ortho intramolecular Hbond substituents is 1. The maximum absolute atomic E-state index is 17.0. The number of nitrogens with zero attached hydrogens (tertiary/aromatic N) is 3. The number of aryl methyl sites for hydroxylation is 1. The van der Waals surface area contributed by atoms with Gasteiger partial charge in [0.25, 0.3) is 0 Å². The summed E-state index contributed by atoms with van der Waals surface area (Å²) in [6, 6.07) is 7.56. The summed E-state index contributed by atoms with van der Waals surface area (Å²) in [6.07, 6.45) is 4.78. The first-order chi connectivity index (χ1) is 21.5. The van der Waals surface area contributed by atoms with E-state index >= 15 is 4.39 Å². The molecule has 10 heteroatoms. The third-order valence-electron chi connectivity index (χ3n) is 9.24. The largest absolute Gasteiger partial charge is 0.508 e. The Labute approximate surface area is 267 Å². The van der Waals surface area contributed by atoms with Gasteiger partial charge in [-0.2, -0.15) is 9.97 Å². The Balaban J connectivity index is 1.51. The number of aromatic nitrogens is 2. The van der Waals surface area contributed by atoms with Crippen molar-refractivity contribution in [3.8, 4) is 22.9 Å². The standard InChI is InChI=1S/C35H41ClF2N4O3/c1-4-24-28(37)9-8-22-14-23(43)15-25(29(22)24)30-27(36)16-26-32(31(30)38)40-34(41-33(26)42-12-6-10-35(3,44)19-42)45-18-21-7-5-11-39-17-20(2)13-21/h8-9,14-16,20-21,39,43-44H,4-7,10-13,17-19H2,1-3H3/t20?,21-,35-/m1/s1. The molecule has 0 radical (unpaired) electrons. The molecule has 2 aliphatic heterocycles. The number of benzene rings is 3. The number of aromatic hydroxyl groups is 1. The molecule has 0 aliphatic carbocycles. The van der Waals surface area contributed by atoms with Gasteiger partial charge < -0.3 is 25.2 Å². The Morgan fingerprint density at radius 2 is 2.00 bits per heavy atom. The smallest absolute Gasteiger partial charge is 0.319 e. The lowest BCUT2D eigenvalue weighted by molar-refractivity contribution is 0.0447. The summed E-state index contributed by atoms with van der Waals surface area (Å²) in [5.41, 5.74) is -0.215. The molecular formula is C35H41ClF2N4O3. The number of β-amino-alcohol motifs (C(OH)–C–C–N with tert-alkyl or cyclic N) is 1. The molecule has 1 aromatic heterocycles. The number of phenols is 1. The molecule has 6 rings (SSSR count). The number of anilines is 1. The van der Waals surface area contributed by atoms with E-state index in [9.17, 15) is 14.6 Å². The van der Waals surface area contributed by atoms with Crippen LogP contribution in [0.4, 0.5) is 14.6 Å². The Morgan fingerprint density at radius 1 is 1.18 bits per heavy atom. The Hall–Kier alpha value is -3.27. The van der Waals surface area contributed by atoms with Crippen molar-refractivity contribution in [3.05, 3.63) is 52.6 Å². The van der Waals surface area contributed by atoms with Crippen molar-refractivity contribution >= 4 is 39.1 Å². The molecule has 0 bridgehead atoms. The number of fused-ring (bicyclic) bond motifs is 2. The van der Waals surface area contributed by atoms with E-state index in [1.807, 2.05) is 11.8 Å². The van der Waals surface area contributed by atoms with Crippen LogP contribution in [-0.4, -0.2) is 58.6 Å².